The molecular formula is C19H21NO5. The van der Waals surface area contributed by atoms with Crippen molar-refractivity contribution in [1.29, 1.82) is 0 Å². The predicted octanol–water partition coefficient (Wildman–Crippen LogP) is 2.83. The molecule has 3 N–H and O–H groups in total. The van der Waals surface area contributed by atoms with Gasteiger partial charge in [-0.25, -0.2) is 4.79 Å². The number of hydrogen-bond acceptors (Lipinski definition) is 4. The van der Waals surface area contributed by atoms with Gasteiger partial charge in [-0.1, -0.05) is 6.07 Å². The molecule has 1 amide bonds. The van der Waals surface area contributed by atoms with E-state index in [0.29, 0.717) is 11.3 Å². The summed E-state index contributed by atoms with van der Waals surface area (Å²) in [5.74, 6) is -0.549. The van der Waals surface area contributed by atoms with Gasteiger partial charge in [0.15, 0.2) is 0 Å². The lowest BCUT2D eigenvalue weighted by Gasteiger charge is -2.17. The highest BCUT2D eigenvalue weighted by atomic mass is 16.5. The fourth-order valence-electron chi connectivity index (χ4n) is 2.58. The number of amides is 1. The molecule has 0 saturated heterocycles. The van der Waals surface area contributed by atoms with E-state index in [-0.39, 0.29) is 23.6 Å². The van der Waals surface area contributed by atoms with Gasteiger partial charge in [0.1, 0.15) is 11.5 Å². The Balaban J connectivity index is 2.08. The number of carbonyl (C=O) groups is 2. The summed E-state index contributed by atoms with van der Waals surface area (Å²) in [6.07, 6.45) is 0.126. The number of ether oxygens (including phenoxy) is 1. The summed E-state index contributed by atoms with van der Waals surface area (Å²) in [5, 5.41) is 21.8. The summed E-state index contributed by atoms with van der Waals surface area (Å²) in [6, 6.07) is 9.10. The Labute approximate surface area is 146 Å². The molecular weight excluding hydrogens is 322 g/mol. The number of carboxylic acids is 1. The first kappa shape index (κ1) is 18.3. The summed E-state index contributed by atoms with van der Waals surface area (Å²) in [6.45, 7) is 3.54. The Morgan fingerprint density at radius 3 is 2.52 bits per heavy atom. The number of hydrogen-bond donors (Lipinski definition) is 3. The van der Waals surface area contributed by atoms with Gasteiger partial charge in [0, 0.05) is 5.56 Å². The Hall–Kier alpha value is -3.02. The molecule has 0 aromatic heterocycles. The summed E-state index contributed by atoms with van der Waals surface area (Å²) in [7, 11) is 1.53. The molecule has 0 bridgehead atoms. The van der Waals surface area contributed by atoms with Gasteiger partial charge in [0.25, 0.3) is 0 Å². The van der Waals surface area contributed by atoms with E-state index in [9.17, 15) is 14.7 Å². The summed E-state index contributed by atoms with van der Waals surface area (Å²) in [5.41, 5.74) is 2.25. The van der Waals surface area contributed by atoms with Crippen LogP contribution in [-0.4, -0.2) is 29.2 Å². The molecule has 0 spiro atoms. The van der Waals surface area contributed by atoms with Crippen molar-refractivity contribution in [3.05, 3.63) is 58.7 Å². The predicted molar refractivity (Wildman–Crippen MR) is 93.1 cm³/mol. The lowest BCUT2D eigenvalue weighted by Crippen LogP contribution is -2.28. The van der Waals surface area contributed by atoms with Gasteiger partial charge in [0.05, 0.1) is 25.1 Å². The van der Waals surface area contributed by atoms with Gasteiger partial charge in [-0.05, 0) is 55.3 Å². The van der Waals surface area contributed by atoms with Gasteiger partial charge in [-0.2, -0.15) is 0 Å². The minimum absolute atomic E-state index is 0.0793. The normalized spacial score (nSPS) is 11.6. The molecule has 6 heteroatoms. The topological polar surface area (TPSA) is 95.9 Å². The first-order valence-corrected chi connectivity index (χ1v) is 7.81. The number of phenols is 1. The minimum atomic E-state index is -0.999. The fraction of sp³-hybridized carbons (Fsp3) is 0.263. The molecule has 2 aromatic carbocycles. The Bertz CT molecular complexity index is 800. The van der Waals surface area contributed by atoms with Crippen molar-refractivity contribution in [2.75, 3.05) is 7.11 Å². The van der Waals surface area contributed by atoms with E-state index in [0.717, 1.165) is 11.1 Å². The molecule has 6 nitrogen and oxygen atoms in total. The number of methoxy groups -OCH3 is 1. The van der Waals surface area contributed by atoms with Crippen molar-refractivity contribution in [3.63, 3.8) is 0 Å². The third kappa shape index (κ3) is 4.50. The smallest absolute Gasteiger partial charge is 0.335 e. The zero-order chi connectivity index (χ0) is 18.6. The second kappa shape index (κ2) is 7.70. The van der Waals surface area contributed by atoms with E-state index >= 15 is 0 Å². The zero-order valence-corrected chi connectivity index (χ0v) is 14.4. The summed E-state index contributed by atoms with van der Waals surface area (Å²) < 4.78 is 5.14. The molecule has 1 atom stereocenters. The molecule has 2 rings (SSSR count). The first-order chi connectivity index (χ1) is 11.8. The maximum absolute atomic E-state index is 12.3. The largest absolute Gasteiger partial charge is 0.508 e. The highest BCUT2D eigenvalue weighted by Gasteiger charge is 2.16. The Morgan fingerprint density at radius 2 is 1.92 bits per heavy atom. The Kier molecular flexibility index (Phi) is 5.64. The van der Waals surface area contributed by atoms with Crippen molar-refractivity contribution in [2.45, 2.75) is 26.3 Å². The van der Waals surface area contributed by atoms with Gasteiger partial charge in [-0.15, -0.1) is 0 Å². The van der Waals surface area contributed by atoms with Crippen LogP contribution in [-0.2, 0) is 11.2 Å². The SMILES string of the molecule is COc1ccc(O)c(C(C)NC(=O)Cc2ccc(C(=O)O)cc2C)c1. The monoisotopic (exact) mass is 343 g/mol. The number of carbonyl (C=O) groups excluding carboxylic acids is 1. The molecule has 1 unspecified atom stereocenters. The van der Waals surface area contributed by atoms with Crippen LogP contribution in [0, 0.1) is 6.92 Å². The standard InChI is InChI=1S/C19H21NO5/c1-11-8-14(19(23)24)5-4-13(11)9-18(22)20-12(2)16-10-15(25-3)6-7-17(16)21/h4-8,10,12,21H,9H2,1-3H3,(H,20,22)(H,23,24). The van der Waals surface area contributed by atoms with E-state index in [1.54, 1.807) is 38.1 Å². The molecule has 0 fully saturated rings. The van der Waals surface area contributed by atoms with Crippen molar-refractivity contribution in [2.24, 2.45) is 0 Å². The van der Waals surface area contributed by atoms with Gasteiger partial charge < -0.3 is 20.3 Å². The van der Waals surface area contributed by atoms with Gasteiger partial charge >= 0.3 is 5.97 Å². The van der Waals surface area contributed by atoms with E-state index in [1.165, 1.54) is 19.2 Å². The number of aromatic carboxylic acids is 1. The molecule has 0 heterocycles. The van der Waals surface area contributed by atoms with Crippen LogP contribution in [0.2, 0.25) is 0 Å². The second-order valence-corrected chi connectivity index (χ2v) is 5.84. The average Bonchev–Trinajstić information content (AvgIpc) is 2.56. The number of rotatable bonds is 6. The maximum atomic E-state index is 12.3. The number of phenolic OH excluding ortho intramolecular Hbond substituents is 1. The third-order valence-electron chi connectivity index (χ3n) is 4.02. The first-order valence-electron chi connectivity index (χ1n) is 7.81. The van der Waals surface area contributed by atoms with Gasteiger partial charge in [0.2, 0.25) is 5.91 Å². The third-order valence-corrected chi connectivity index (χ3v) is 4.02. The summed E-state index contributed by atoms with van der Waals surface area (Å²) in [4.78, 5) is 23.3. The van der Waals surface area contributed by atoms with Crippen LogP contribution in [0.25, 0.3) is 0 Å². The van der Waals surface area contributed by atoms with Crippen LogP contribution >= 0.6 is 0 Å². The van der Waals surface area contributed by atoms with Crippen LogP contribution in [0.5, 0.6) is 11.5 Å². The van der Waals surface area contributed by atoms with Crippen molar-refractivity contribution >= 4 is 11.9 Å². The number of aromatic hydroxyl groups is 1. The van der Waals surface area contributed by atoms with Crippen LogP contribution in [0.1, 0.15) is 40.0 Å². The molecule has 0 saturated carbocycles. The van der Waals surface area contributed by atoms with E-state index in [4.69, 9.17) is 9.84 Å². The highest BCUT2D eigenvalue weighted by Crippen LogP contribution is 2.28. The number of carboxylic acid groups (broad SMARTS) is 1. The van der Waals surface area contributed by atoms with E-state index in [2.05, 4.69) is 5.32 Å². The number of aryl methyl sites for hydroxylation is 1. The van der Waals surface area contributed by atoms with Gasteiger partial charge in [-0.3, -0.25) is 4.79 Å². The number of nitrogens with one attached hydrogen (secondary N) is 1. The molecule has 2 aromatic rings. The molecule has 132 valence electrons. The second-order valence-electron chi connectivity index (χ2n) is 5.84. The van der Waals surface area contributed by atoms with E-state index < -0.39 is 12.0 Å². The van der Waals surface area contributed by atoms with Crippen molar-refractivity contribution < 1.29 is 24.5 Å². The van der Waals surface area contributed by atoms with E-state index in [1.807, 2.05) is 0 Å². The van der Waals surface area contributed by atoms with Crippen LogP contribution in [0.15, 0.2) is 36.4 Å². The maximum Gasteiger partial charge on any atom is 0.335 e. The molecule has 0 aliphatic rings. The Morgan fingerprint density at radius 1 is 1.20 bits per heavy atom. The quantitative estimate of drug-likeness (QED) is 0.749. The average molecular weight is 343 g/mol. The summed E-state index contributed by atoms with van der Waals surface area (Å²) >= 11 is 0. The van der Waals surface area contributed by atoms with Crippen LogP contribution in [0.3, 0.4) is 0 Å². The minimum Gasteiger partial charge on any atom is -0.508 e. The molecule has 25 heavy (non-hydrogen) atoms. The van der Waals surface area contributed by atoms with Crippen molar-refractivity contribution in [1.82, 2.24) is 5.32 Å². The lowest BCUT2D eigenvalue weighted by atomic mass is 10.0. The van der Waals surface area contributed by atoms with Crippen molar-refractivity contribution in [3.8, 4) is 11.5 Å². The molecule has 0 aliphatic heterocycles. The number of benzene rings is 2. The zero-order valence-electron chi connectivity index (χ0n) is 14.4. The lowest BCUT2D eigenvalue weighted by molar-refractivity contribution is -0.121. The highest BCUT2D eigenvalue weighted by molar-refractivity contribution is 5.88. The molecule has 0 radical (unpaired) electrons. The fourth-order valence-corrected chi connectivity index (χ4v) is 2.58. The van der Waals surface area contributed by atoms with Crippen LogP contribution in [0.4, 0.5) is 0 Å². The molecule has 0 aliphatic carbocycles. The van der Waals surface area contributed by atoms with Crippen LogP contribution < -0.4 is 10.1 Å².